The van der Waals surface area contributed by atoms with Gasteiger partial charge in [0, 0.05) is 20.1 Å². The van der Waals surface area contributed by atoms with Gasteiger partial charge in [0.05, 0.1) is 12.8 Å². The van der Waals surface area contributed by atoms with Gasteiger partial charge in [-0.2, -0.15) is 9.37 Å². The molecule has 0 aliphatic carbocycles. The van der Waals surface area contributed by atoms with E-state index in [2.05, 4.69) is 15.3 Å². The van der Waals surface area contributed by atoms with Gasteiger partial charge >= 0.3 is 0 Å². The number of halogens is 1. The SMILES string of the molecule is CNc1ncc(F)c(OCCCO)n1. The molecular weight excluding hydrogens is 189 g/mol. The molecule has 1 aromatic rings. The second-order valence-corrected chi connectivity index (χ2v) is 2.52. The number of hydrogen-bond donors (Lipinski definition) is 2. The molecule has 0 spiro atoms. The Morgan fingerprint density at radius 2 is 2.43 bits per heavy atom. The third-order valence-corrected chi connectivity index (χ3v) is 1.48. The smallest absolute Gasteiger partial charge is 0.255 e. The Morgan fingerprint density at radius 3 is 3.07 bits per heavy atom. The first-order valence-corrected chi connectivity index (χ1v) is 4.22. The van der Waals surface area contributed by atoms with Crippen molar-refractivity contribution in [1.82, 2.24) is 9.97 Å². The summed E-state index contributed by atoms with van der Waals surface area (Å²) in [5, 5.41) is 11.2. The lowest BCUT2D eigenvalue weighted by atomic mass is 10.5. The maximum Gasteiger partial charge on any atom is 0.255 e. The Kier molecular flexibility index (Phi) is 4.06. The molecule has 6 heteroatoms. The minimum Gasteiger partial charge on any atom is -0.475 e. The number of aliphatic hydroxyl groups excluding tert-OH is 1. The molecule has 0 unspecified atom stereocenters. The van der Waals surface area contributed by atoms with E-state index in [1.165, 1.54) is 0 Å². The van der Waals surface area contributed by atoms with E-state index in [0.717, 1.165) is 6.20 Å². The number of nitrogens with one attached hydrogen (secondary N) is 1. The van der Waals surface area contributed by atoms with E-state index in [1.54, 1.807) is 7.05 Å². The standard InChI is InChI=1S/C8H12FN3O2/c1-10-8-11-5-6(9)7(12-8)14-4-2-3-13/h5,13H,2-4H2,1H3,(H,10,11,12). The third kappa shape index (κ3) is 2.81. The highest BCUT2D eigenvalue weighted by Crippen LogP contribution is 2.13. The zero-order chi connectivity index (χ0) is 10.4. The molecule has 5 nitrogen and oxygen atoms in total. The van der Waals surface area contributed by atoms with Crippen molar-refractivity contribution in [2.75, 3.05) is 25.6 Å². The fourth-order valence-electron chi connectivity index (χ4n) is 0.807. The Hall–Kier alpha value is -1.43. The molecule has 14 heavy (non-hydrogen) atoms. The largest absolute Gasteiger partial charge is 0.475 e. The van der Waals surface area contributed by atoms with Crippen LogP contribution in [-0.4, -0.2) is 35.3 Å². The lowest BCUT2D eigenvalue weighted by Gasteiger charge is -2.05. The molecule has 0 saturated heterocycles. The molecule has 78 valence electrons. The number of nitrogens with zero attached hydrogens (tertiary/aromatic N) is 2. The monoisotopic (exact) mass is 201 g/mol. The Balaban J connectivity index is 2.64. The van der Waals surface area contributed by atoms with Gasteiger partial charge in [0.25, 0.3) is 5.88 Å². The predicted molar refractivity (Wildman–Crippen MR) is 48.7 cm³/mol. The van der Waals surface area contributed by atoms with E-state index in [-0.39, 0.29) is 19.1 Å². The highest BCUT2D eigenvalue weighted by molar-refractivity contribution is 5.27. The normalized spacial score (nSPS) is 9.93. The van der Waals surface area contributed by atoms with E-state index in [4.69, 9.17) is 9.84 Å². The molecule has 0 aromatic carbocycles. The molecule has 1 heterocycles. The molecule has 0 aliphatic rings. The van der Waals surface area contributed by atoms with Crippen molar-refractivity contribution in [3.05, 3.63) is 12.0 Å². The minimum atomic E-state index is -0.609. The molecular formula is C8H12FN3O2. The molecule has 0 saturated carbocycles. The Bertz CT molecular complexity index is 296. The number of rotatable bonds is 5. The minimum absolute atomic E-state index is 0.00554. The number of aliphatic hydroxyl groups is 1. The first-order chi connectivity index (χ1) is 6.77. The first-order valence-electron chi connectivity index (χ1n) is 4.22. The van der Waals surface area contributed by atoms with Crippen LogP contribution in [0, 0.1) is 5.82 Å². The molecule has 0 radical (unpaired) electrons. The van der Waals surface area contributed by atoms with Crippen LogP contribution in [0.15, 0.2) is 6.20 Å². The first kappa shape index (κ1) is 10.6. The topological polar surface area (TPSA) is 67.3 Å². The van der Waals surface area contributed by atoms with Gasteiger partial charge in [-0.05, 0) is 0 Å². The quantitative estimate of drug-likeness (QED) is 0.676. The van der Waals surface area contributed by atoms with Crippen LogP contribution in [0.25, 0.3) is 0 Å². The van der Waals surface area contributed by atoms with Crippen molar-refractivity contribution >= 4 is 5.95 Å². The number of hydrogen-bond acceptors (Lipinski definition) is 5. The van der Waals surface area contributed by atoms with E-state index in [0.29, 0.717) is 12.4 Å². The Morgan fingerprint density at radius 1 is 1.64 bits per heavy atom. The summed E-state index contributed by atoms with van der Waals surface area (Å²) in [6, 6.07) is 0. The highest BCUT2D eigenvalue weighted by Gasteiger charge is 2.06. The maximum absolute atomic E-state index is 13.0. The number of aromatic nitrogens is 2. The molecule has 1 rings (SSSR count). The van der Waals surface area contributed by atoms with Gasteiger partial charge in [-0.25, -0.2) is 4.98 Å². The van der Waals surface area contributed by atoms with Crippen LogP contribution in [0.1, 0.15) is 6.42 Å². The molecule has 0 fully saturated rings. The van der Waals surface area contributed by atoms with Crippen molar-refractivity contribution in [3.63, 3.8) is 0 Å². The summed E-state index contributed by atoms with van der Waals surface area (Å²) >= 11 is 0. The van der Waals surface area contributed by atoms with Gasteiger partial charge in [0.15, 0.2) is 0 Å². The summed E-state index contributed by atoms with van der Waals surface area (Å²) in [7, 11) is 1.63. The average Bonchev–Trinajstić information content (AvgIpc) is 2.21. The molecule has 2 N–H and O–H groups in total. The summed E-state index contributed by atoms with van der Waals surface area (Å²) in [4.78, 5) is 7.42. The molecule has 1 aromatic heterocycles. The Labute approximate surface area is 81.0 Å². The molecule has 0 bridgehead atoms. The average molecular weight is 201 g/mol. The second-order valence-electron chi connectivity index (χ2n) is 2.52. The van der Waals surface area contributed by atoms with Crippen molar-refractivity contribution in [3.8, 4) is 5.88 Å². The van der Waals surface area contributed by atoms with Crippen LogP contribution in [0.2, 0.25) is 0 Å². The fraction of sp³-hybridized carbons (Fsp3) is 0.500. The van der Waals surface area contributed by atoms with Crippen LogP contribution in [0.4, 0.5) is 10.3 Å². The van der Waals surface area contributed by atoms with E-state index in [1.807, 2.05) is 0 Å². The summed E-state index contributed by atoms with van der Waals surface area (Å²) in [5.41, 5.74) is 0. The van der Waals surface area contributed by atoms with E-state index < -0.39 is 5.82 Å². The van der Waals surface area contributed by atoms with Gasteiger partial charge in [-0.15, -0.1) is 0 Å². The zero-order valence-electron chi connectivity index (χ0n) is 7.83. The maximum atomic E-state index is 13.0. The van der Waals surface area contributed by atoms with Crippen LogP contribution in [-0.2, 0) is 0 Å². The number of anilines is 1. The van der Waals surface area contributed by atoms with E-state index in [9.17, 15) is 4.39 Å². The van der Waals surface area contributed by atoms with E-state index >= 15 is 0 Å². The fourth-order valence-corrected chi connectivity index (χ4v) is 0.807. The van der Waals surface area contributed by atoms with Gasteiger partial charge in [0.1, 0.15) is 0 Å². The van der Waals surface area contributed by atoms with Crippen LogP contribution >= 0.6 is 0 Å². The van der Waals surface area contributed by atoms with Crippen LogP contribution < -0.4 is 10.1 Å². The number of ether oxygens (including phenoxy) is 1. The van der Waals surface area contributed by atoms with Gasteiger partial charge in [-0.3, -0.25) is 0 Å². The lowest BCUT2D eigenvalue weighted by Crippen LogP contribution is -2.05. The van der Waals surface area contributed by atoms with Crippen LogP contribution in [0.5, 0.6) is 5.88 Å². The summed E-state index contributed by atoms with van der Waals surface area (Å²) < 4.78 is 18.0. The van der Waals surface area contributed by atoms with Crippen molar-refractivity contribution < 1.29 is 14.2 Å². The highest BCUT2D eigenvalue weighted by atomic mass is 19.1. The summed E-state index contributed by atoms with van der Waals surface area (Å²) in [6.07, 6.45) is 1.48. The molecule has 0 amide bonds. The molecule has 0 atom stereocenters. The van der Waals surface area contributed by atoms with Gasteiger partial charge in [-0.1, -0.05) is 0 Å². The summed E-state index contributed by atoms with van der Waals surface area (Å²) in [6.45, 7) is 0.235. The zero-order valence-corrected chi connectivity index (χ0v) is 7.83. The summed E-state index contributed by atoms with van der Waals surface area (Å²) in [5.74, 6) is -0.412. The van der Waals surface area contributed by atoms with Crippen molar-refractivity contribution in [2.45, 2.75) is 6.42 Å². The van der Waals surface area contributed by atoms with Gasteiger partial charge in [0.2, 0.25) is 11.8 Å². The third-order valence-electron chi connectivity index (χ3n) is 1.48. The van der Waals surface area contributed by atoms with Gasteiger partial charge < -0.3 is 15.2 Å². The molecule has 0 aliphatic heterocycles. The van der Waals surface area contributed by atoms with Crippen LogP contribution in [0.3, 0.4) is 0 Å². The predicted octanol–water partition coefficient (Wildman–Crippen LogP) is 0.419. The van der Waals surface area contributed by atoms with Crippen molar-refractivity contribution in [2.24, 2.45) is 0 Å². The second kappa shape index (κ2) is 5.33. The van der Waals surface area contributed by atoms with Crippen molar-refractivity contribution in [1.29, 1.82) is 0 Å². The lowest BCUT2D eigenvalue weighted by molar-refractivity contribution is 0.223.